The summed E-state index contributed by atoms with van der Waals surface area (Å²) >= 11 is 1.35. The van der Waals surface area contributed by atoms with Gasteiger partial charge in [0.05, 0.1) is 4.88 Å². The first-order valence-corrected chi connectivity index (χ1v) is 16.0. The van der Waals surface area contributed by atoms with Crippen molar-refractivity contribution in [2.45, 2.75) is 95.0 Å². The molecule has 5 rings (SSSR count). The number of ether oxygens (including phenoxy) is 1. The van der Waals surface area contributed by atoms with Crippen LogP contribution in [0.5, 0.6) is 0 Å². The maximum Gasteiger partial charge on any atom is 0.408 e. The number of rotatable bonds is 4. The van der Waals surface area contributed by atoms with E-state index in [0.29, 0.717) is 17.7 Å². The van der Waals surface area contributed by atoms with Crippen molar-refractivity contribution in [2.24, 2.45) is 5.92 Å². The second-order valence-corrected chi connectivity index (χ2v) is 14.0. The number of hydrogen-bond donors (Lipinski definition) is 4. The zero-order valence-corrected chi connectivity index (χ0v) is 26.1. The predicted octanol–water partition coefficient (Wildman–Crippen LogP) is 3.97. The first kappa shape index (κ1) is 31.5. The van der Waals surface area contributed by atoms with Crippen molar-refractivity contribution in [3.63, 3.8) is 0 Å². The predicted molar refractivity (Wildman–Crippen MR) is 165 cm³/mol. The van der Waals surface area contributed by atoms with Crippen molar-refractivity contribution >= 4 is 51.2 Å². The zero-order chi connectivity index (χ0) is 31.6. The number of carbonyl (C=O) groups excluding carboxylic acids is 4. The number of carboxylic acids is 1. The maximum atomic E-state index is 14.1. The molecule has 1 saturated carbocycles. The molecule has 3 heterocycles. The van der Waals surface area contributed by atoms with E-state index < -0.39 is 53.1 Å². The fourth-order valence-electron chi connectivity index (χ4n) is 6.00. The van der Waals surface area contributed by atoms with E-state index in [1.807, 2.05) is 36.4 Å². The summed E-state index contributed by atoms with van der Waals surface area (Å²) in [6.07, 6.45) is 6.80. The molecule has 44 heavy (non-hydrogen) atoms. The van der Waals surface area contributed by atoms with E-state index in [4.69, 9.17) is 4.74 Å². The molecule has 0 unspecified atom stereocenters. The van der Waals surface area contributed by atoms with Crippen LogP contribution >= 0.6 is 11.3 Å². The molecule has 236 valence electrons. The molecule has 3 aliphatic rings. The Morgan fingerprint density at radius 1 is 1.11 bits per heavy atom. The number of benzene rings is 1. The average Bonchev–Trinajstić information content (AvgIpc) is 3.27. The van der Waals surface area contributed by atoms with E-state index >= 15 is 0 Å². The Morgan fingerprint density at radius 2 is 1.89 bits per heavy atom. The SMILES string of the molecule is CC(C)(C)OC(=O)N[C@H]1CCCCC/C=C\[C@@H]2C[C@@]2(C(=O)O)NC(=O)[C@@H]2C[C@@H](NC(=O)c3cc4ccccc4s3)CN2C1=O. The summed E-state index contributed by atoms with van der Waals surface area (Å²) < 4.78 is 6.39. The molecule has 1 aliphatic carbocycles. The molecule has 4 amide bonds. The van der Waals surface area contributed by atoms with E-state index in [1.54, 1.807) is 26.8 Å². The molecule has 12 heteroatoms. The topological polar surface area (TPSA) is 154 Å². The zero-order valence-electron chi connectivity index (χ0n) is 25.3. The van der Waals surface area contributed by atoms with Gasteiger partial charge in [-0.05, 0) is 70.4 Å². The molecular formula is C32H40N4O7S. The van der Waals surface area contributed by atoms with Crippen LogP contribution in [0.2, 0.25) is 0 Å². The van der Waals surface area contributed by atoms with Gasteiger partial charge in [-0.1, -0.05) is 43.2 Å². The number of aliphatic carboxylic acids is 1. The highest BCUT2D eigenvalue weighted by atomic mass is 32.1. The Bertz CT molecular complexity index is 1450. The third-order valence-electron chi connectivity index (χ3n) is 8.34. The number of carbonyl (C=O) groups is 5. The van der Waals surface area contributed by atoms with E-state index in [-0.39, 0.29) is 31.2 Å². The molecule has 11 nitrogen and oxygen atoms in total. The summed E-state index contributed by atoms with van der Waals surface area (Å²) in [6.45, 7) is 5.22. The molecule has 1 aromatic heterocycles. The second kappa shape index (κ2) is 12.6. The Kier molecular flexibility index (Phi) is 9.01. The molecule has 1 aromatic carbocycles. The molecule has 2 aromatic rings. The van der Waals surface area contributed by atoms with Crippen LogP contribution in [0.15, 0.2) is 42.5 Å². The summed E-state index contributed by atoms with van der Waals surface area (Å²) in [4.78, 5) is 68.0. The van der Waals surface area contributed by atoms with Gasteiger partial charge in [0.2, 0.25) is 11.8 Å². The van der Waals surface area contributed by atoms with Crippen LogP contribution in [0.4, 0.5) is 4.79 Å². The number of fused-ring (bicyclic) bond motifs is 3. The average molecular weight is 625 g/mol. The van der Waals surface area contributed by atoms with Gasteiger partial charge in [0.15, 0.2) is 0 Å². The third-order valence-corrected chi connectivity index (χ3v) is 9.45. The Morgan fingerprint density at radius 3 is 2.61 bits per heavy atom. The normalized spacial score (nSPS) is 28.5. The van der Waals surface area contributed by atoms with Gasteiger partial charge in [-0.15, -0.1) is 11.3 Å². The van der Waals surface area contributed by atoms with Crippen LogP contribution in [0, 0.1) is 5.92 Å². The Labute approximate surface area is 260 Å². The largest absolute Gasteiger partial charge is 0.479 e. The van der Waals surface area contributed by atoms with E-state index in [2.05, 4.69) is 16.0 Å². The first-order chi connectivity index (χ1) is 20.9. The third kappa shape index (κ3) is 7.06. The highest BCUT2D eigenvalue weighted by molar-refractivity contribution is 7.20. The van der Waals surface area contributed by atoms with Crippen molar-refractivity contribution in [3.8, 4) is 0 Å². The van der Waals surface area contributed by atoms with Gasteiger partial charge in [0.1, 0.15) is 23.2 Å². The number of nitrogens with one attached hydrogen (secondary N) is 3. The molecule has 0 bridgehead atoms. The van der Waals surface area contributed by atoms with Crippen LogP contribution in [-0.2, 0) is 19.1 Å². The van der Waals surface area contributed by atoms with Gasteiger partial charge in [-0.3, -0.25) is 14.4 Å². The monoisotopic (exact) mass is 624 g/mol. The molecule has 0 spiro atoms. The van der Waals surface area contributed by atoms with Crippen LogP contribution in [-0.4, -0.2) is 75.6 Å². The van der Waals surface area contributed by atoms with Crippen molar-refractivity contribution < 1.29 is 33.8 Å². The van der Waals surface area contributed by atoms with Crippen LogP contribution < -0.4 is 16.0 Å². The van der Waals surface area contributed by atoms with Gasteiger partial charge >= 0.3 is 12.1 Å². The lowest BCUT2D eigenvalue weighted by molar-refractivity contribution is -0.145. The number of nitrogens with zero attached hydrogens (tertiary/aromatic N) is 1. The molecule has 4 N–H and O–H groups in total. The number of amides is 4. The molecule has 5 atom stereocenters. The van der Waals surface area contributed by atoms with Crippen LogP contribution in [0.25, 0.3) is 10.1 Å². The molecular weight excluding hydrogens is 584 g/mol. The lowest BCUT2D eigenvalue weighted by atomic mass is 10.0. The quantitative estimate of drug-likeness (QED) is 0.376. The minimum absolute atomic E-state index is 0.0312. The lowest BCUT2D eigenvalue weighted by Crippen LogP contribution is -2.56. The van der Waals surface area contributed by atoms with Gasteiger partial charge < -0.3 is 30.7 Å². The standard InChI is InChI=1S/C32H40N4O7S/c1-31(2,3)43-30(42)34-22-13-8-6-4-5-7-12-20-17-32(20,29(40)41)35-26(37)23-16-21(18-36(23)28(22)39)33-27(38)25-15-19-11-9-10-14-24(19)44-25/h7,9-12,14-15,20-23H,4-6,8,13,16-18H2,1-3H3,(H,33,38)(H,34,42)(H,35,37)(H,40,41)/b12-7-/t20-,21-,22+,23+,32-/m1/s1. The summed E-state index contributed by atoms with van der Waals surface area (Å²) in [7, 11) is 0. The van der Waals surface area contributed by atoms with E-state index in [1.165, 1.54) is 16.2 Å². The molecule has 1 saturated heterocycles. The molecule has 0 radical (unpaired) electrons. The highest BCUT2D eigenvalue weighted by Gasteiger charge is 2.61. The first-order valence-electron chi connectivity index (χ1n) is 15.2. The number of alkyl carbamates (subject to hydrolysis) is 1. The van der Waals surface area contributed by atoms with E-state index in [9.17, 15) is 29.1 Å². The fourth-order valence-corrected chi connectivity index (χ4v) is 6.97. The summed E-state index contributed by atoms with van der Waals surface area (Å²) in [6, 6.07) is 6.90. The van der Waals surface area contributed by atoms with Gasteiger partial charge in [-0.25, -0.2) is 9.59 Å². The minimum atomic E-state index is -1.44. The maximum absolute atomic E-state index is 14.1. The Hall–Kier alpha value is -3.93. The number of hydrogen-bond acceptors (Lipinski definition) is 7. The van der Waals surface area contributed by atoms with Crippen LogP contribution in [0.3, 0.4) is 0 Å². The van der Waals surface area contributed by atoms with Crippen molar-refractivity contribution in [2.75, 3.05) is 6.54 Å². The highest BCUT2D eigenvalue weighted by Crippen LogP contribution is 2.45. The van der Waals surface area contributed by atoms with Crippen molar-refractivity contribution in [3.05, 3.63) is 47.4 Å². The van der Waals surface area contributed by atoms with Crippen molar-refractivity contribution in [1.82, 2.24) is 20.9 Å². The molecule has 2 aliphatic heterocycles. The smallest absolute Gasteiger partial charge is 0.408 e. The summed E-state index contributed by atoms with van der Waals surface area (Å²) in [5.41, 5.74) is -2.21. The van der Waals surface area contributed by atoms with Gasteiger partial charge in [0.25, 0.3) is 5.91 Å². The number of allylic oxidation sites excluding steroid dienone is 1. The van der Waals surface area contributed by atoms with Crippen LogP contribution in [0.1, 0.15) is 75.4 Å². The van der Waals surface area contributed by atoms with Gasteiger partial charge in [-0.2, -0.15) is 0 Å². The van der Waals surface area contributed by atoms with E-state index in [0.717, 1.165) is 29.3 Å². The van der Waals surface area contributed by atoms with Gasteiger partial charge in [0, 0.05) is 23.2 Å². The summed E-state index contributed by atoms with van der Waals surface area (Å²) in [5.74, 6) is -2.85. The molecule has 2 fully saturated rings. The fraction of sp³-hybridized carbons (Fsp3) is 0.531. The summed E-state index contributed by atoms with van der Waals surface area (Å²) in [5, 5.41) is 19.4. The number of carboxylic acid groups (broad SMARTS) is 1. The second-order valence-electron chi connectivity index (χ2n) is 12.9. The number of thiophene rings is 1. The minimum Gasteiger partial charge on any atom is -0.479 e. The van der Waals surface area contributed by atoms with Crippen molar-refractivity contribution in [1.29, 1.82) is 0 Å². The Balaban J connectivity index is 1.40. The lowest BCUT2D eigenvalue weighted by Gasteiger charge is -2.30.